The number of benzene rings is 4. The van der Waals surface area contributed by atoms with E-state index in [2.05, 4.69) is 5.32 Å². The number of carbonyl (C=O) groups is 2. The number of hydrogen-bond donors (Lipinski definition) is 1. The molecule has 10 heteroatoms. The summed E-state index contributed by atoms with van der Waals surface area (Å²) in [4.78, 5) is 30.5. The summed E-state index contributed by atoms with van der Waals surface area (Å²) in [5.41, 5.74) is 2.93. The maximum absolute atomic E-state index is 14.8. The highest BCUT2D eigenvalue weighted by Crippen LogP contribution is 2.34. The van der Waals surface area contributed by atoms with Crippen molar-refractivity contribution >= 4 is 27.5 Å². The molecule has 1 N–H and O–H groups in total. The van der Waals surface area contributed by atoms with Crippen molar-refractivity contribution in [1.29, 1.82) is 0 Å². The number of amides is 2. The van der Waals surface area contributed by atoms with Gasteiger partial charge in [0.25, 0.3) is 10.0 Å². The second-order valence-corrected chi connectivity index (χ2v) is 13.9. The summed E-state index contributed by atoms with van der Waals surface area (Å²) in [6, 6.07) is 29.1. The minimum atomic E-state index is -4.24. The molecule has 252 valence electrons. The van der Waals surface area contributed by atoms with Crippen LogP contribution in [0.1, 0.15) is 42.4 Å². The predicted molar refractivity (Wildman–Crippen MR) is 187 cm³/mol. The van der Waals surface area contributed by atoms with E-state index >= 15 is 0 Å². The predicted octanol–water partition coefficient (Wildman–Crippen LogP) is 5.91. The third-order valence-electron chi connectivity index (χ3n) is 8.84. The quantitative estimate of drug-likeness (QED) is 0.179. The molecule has 1 aliphatic rings. The Balaban J connectivity index is 1.59. The number of nitrogens with one attached hydrogen (secondary N) is 1. The highest BCUT2D eigenvalue weighted by molar-refractivity contribution is 7.92. The Morgan fingerprint density at radius 3 is 2.10 bits per heavy atom. The Hall–Kier alpha value is -4.83. The zero-order valence-electron chi connectivity index (χ0n) is 27.7. The van der Waals surface area contributed by atoms with Crippen molar-refractivity contribution in [2.45, 2.75) is 62.6 Å². The first-order chi connectivity index (χ1) is 23.2. The molecular formula is C38H43N3O6S. The van der Waals surface area contributed by atoms with Crippen molar-refractivity contribution in [3.8, 4) is 11.5 Å². The van der Waals surface area contributed by atoms with Gasteiger partial charge in [-0.25, -0.2) is 8.42 Å². The Kier molecular flexibility index (Phi) is 11.4. The lowest BCUT2D eigenvalue weighted by atomic mass is 10.0. The fraction of sp³-hybridized carbons (Fsp3) is 0.316. The summed E-state index contributed by atoms with van der Waals surface area (Å²) in [6.07, 6.45) is 4.12. The van der Waals surface area contributed by atoms with Crippen LogP contribution < -0.4 is 19.1 Å². The van der Waals surface area contributed by atoms with Crippen LogP contribution in [0.25, 0.3) is 0 Å². The standard InChI is InChI=1S/C38H43N3O6S/c1-28-14-10-11-17-30(28)26-40(34(24-29-15-6-4-7-16-29)38(43)39-31-18-12-13-19-31)37(42)27-41(48(44,45)33-20-8-5-9-21-33)32-22-23-35(46-2)36(25-32)47-3/h4-11,14-17,20-23,25,31,34H,12-13,18-19,24,26-27H2,1-3H3,(H,39,43)/t34-/m0/s1. The van der Waals surface area contributed by atoms with E-state index in [4.69, 9.17) is 9.47 Å². The summed E-state index contributed by atoms with van der Waals surface area (Å²) in [7, 11) is -1.29. The van der Waals surface area contributed by atoms with Crippen LogP contribution in [0.5, 0.6) is 11.5 Å². The number of hydrogen-bond acceptors (Lipinski definition) is 6. The van der Waals surface area contributed by atoms with Gasteiger partial charge in [0.15, 0.2) is 11.5 Å². The van der Waals surface area contributed by atoms with Crippen LogP contribution in [-0.4, -0.2) is 58.0 Å². The third kappa shape index (κ3) is 8.17. The lowest BCUT2D eigenvalue weighted by Gasteiger charge is -2.34. The first kappa shape index (κ1) is 34.5. The zero-order valence-corrected chi connectivity index (χ0v) is 28.5. The van der Waals surface area contributed by atoms with Gasteiger partial charge in [-0.15, -0.1) is 0 Å². The SMILES string of the molecule is COc1ccc(N(CC(=O)N(Cc2ccccc2C)[C@@H](Cc2ccccc2)C(=O)NC2CCCC2)S(=O)(=O)c2ccccc2)cc1OC. The van der Waals surface area contributed by atoms with Crippen molar-refractivity contribution in [3.63, 3.8) is 0 Å². The van der Waals surface area contributed by atoms with Gasteiger partial charge in [0.1, 0.15) is 12.6 Å². The van der Waals surface area contributed by atoms with Crippen molar-refractivity contribution in [2.75, 3.05) is 25.1 Å². The van der Waals surface area contributed by atoms with Gasteiger partial charge in [0.2, 0.25) is 11.8 Å². The van der Waals surface area contributed by atoms with Crippen LogP contribution in [-0.2, 0) is 32.6 Å². The van der Waals surface area contributed by atoms with E-state index in [1.54, 1.807) is 30.3 Å². The van der Waals surface area contributed by atoms with E-state index in [9.17, 15) is 18.0 Å². The third-order valence-corrected chi connectivity index (χ3v) is 10.6. The molecule has 0 aliphatic heterocycles. The molecule has 4 aromatic carbocycles. The molecule has 0 unspecified atom stereocenters. The lowest BCUT2D eigenvalue weighted by Crippen LogP contribution is -2.54. The van der Waals surface area contributed by atoms with E-state index in [1.807, 2.05) is 61.5 Å². The van der Waals surface area contributed by atoms with E-state index < -0.39 is 28.5 Å². The summed E-state index contributed by atoms with van der Waals surface area (Å²) < 4.78 is 40.5. The molecule has 4 aromatic rings. The van der Waals surface area contributed by atoms with Gasteiger partial charge in [-0.05, 0) is 60.7 Å². The molecule has 48 heavy (non-hydrogen) atoms. The highest BCUT2D eigenvalue weighted by atomic mass is 32.2. The van der Waals surface area contributed by atoms with Crippen LogP contribution in [0.2, 0.25) is 0 Å². The molecular weight excluding hydrogens is 627 g/mol. The Labute approximate surface area is 283 Å². The first-order valence-electron chi connectivity index (χ1n) is 16.2. The topological polar surface area (TPSA) is 105 Å². The molecule has 0 saturated heterocycles. The van der Waals surface area contributed by atoms with E-state index in [1.165, 1.54) is 37.3 Å². The molecule has 1 aliphatic carbocycles. The molecule has 0 aromatic heterocycles. The molecule has 0 heterocycles. The molecule has 0 radical (unpaired) electrons. The van der Waals surface area contributed by atoms with Gasteiger partial charge < -0.3 is 19.7 Å². The maximum atomic E-state index is 14.8. The van der Waals surface area contributed by atoms with Gasteiger partial charge in [-0.3, -0.25) is 13.9 Å². The van der Waals surface area contributed by atoms with Crippen LogP contribution in [0.15, 0.2) is 108 Å². The van der Waals surface area contributed by atoms with E-state index in [0.717, 1.165) is 46.7 Å². The molecule has 5 rings (SSSR count). The molecule has 0 bridgehead atoms. The zero-order chi connectivity index (χ0) is 34.1. The second kappa shape index (κ2) is 15.8. The normalized spacial score (nSPS) is 13.8. The number of methoxy groups -OCH3 is 2. The largest absolute Gasteiger partial charge is 0.493 e. The van der Waals surface area contributed by atoms with Gasteiger partial charge in [-0.1, -0.05) is 85.6 Å². The van der Waals surface area contributed by atoms with Crippen molar-refractivity contribution in [3.05, 3.63) is 120 Å². The average molecular weight is 670 g/mol. The maximum Gasteiger partial charge on any atom is 0.264 e. The lowest BCUT2D eigenvalue weighted by molar-refractivity contribution is -0.140. The molecule has 1 saturated carbocycles. The fourth-order valence-electron chi connectivity index (χ4n) is 6.12. The molecule has 0 spiro atoms. The van der Waals surface area contributed by atoms with E-state index in [-0.39, 0.29) is 35.5 Å². The molecule has 1 atom stereocenters. The minimum absolute atomic E-state index is 0.0258. The number of sulfonamides is 1. The van der Waals surface area contributed by atoms with Gasteiger partial charge >= 0.3 is 0 Å². The molecule has 9 nitrogen and oxygen atoms in total. The van der Waals surface area contributed by atoms with Gasteiger partial charge in [0, 0.05) is 25.1 Å². The molecule has 1 fully saturated rings. The second-order valence-electron chi connectivity index (χ2n) is 12.0. The van der Waals surface area contributed by atoms with E-state index in [0.29, 0.717) is 11.5 Å². The van der Waals surface area contributed by atoms with Crippen LogP contribution in [0, 0.1) is 6.92 Å². The summed E-state index contributed by atoms with van der Waals surface area (Å²) in [6.45, 7) is 1.52. The number of ether oxygens (including phenoxy) is 2. The average Bonchev–Trinajstić information content (AvgIpc) is 3.62. The van der Waals surface area contributed by atoms with Crippen molar-refractivity contribution < 1.29 is 27.5 Å². The smallest absolute Gasteiger partial charge is 0.264 e. The van der Waals surface area contributed by atoms with Crippen LogP contribution >= 0.6 is 0 Å². The van der Waals surface area contributed by atoms with Gasteiger partial charge in [0.05, 0.1) is 24.8 Å². The summed E-state index contributed by atoms with van der Waals surface area (Å²) in [5, 5.41) is 3.21. The number of carbonyl (C=O) groups excluding carboxylic acids is 2. The van der Waals surface area contributed by atoms with Crippen LogP contribution in [0.4, 0.5) is 5.69 Å². The number of rotatable bonds is 14. The number of nitrogens with zero attached hydrogens (tertiary/aromatic N) is 2. The number of anilines is 1. The monoisotopic (exact) mass is 669 g/mol. The fourth-order valence-corrected chi connectivity index (χ4v) is 7.55. The molecule has 2 amide bonds. The Morgan fingerprint density at radius 2 is 1.46 bits per heavy atom. The van der Waals surface area contributed by atoms with Crippen molar-refractivity contribution in [2.24, 2.45) is 0 Å². The highest BCUT2D eigenvalue weighted by Gasteiger charge is 2.36. The Bertz CT molecular complexity index is 1790. The summed E-state index contributed by atoms with van der Waals surface area (Å²) >= 11 is 0. The minimum Gasteiger partial charge on any atom is -0.493 e. The first-order valence-corrected chi connectivity index (χ1v) is 17.6. The van der Waals surface area contributed by atoms with Gasteiger partial charge in [-0.2, -0.15) is 0 Å². The number of aryl methyl sites for hydroxylation is 1. The Morgan fingerprint density at radius 1 is 0.833 bits per heavy atom. The van der Waals surface area contributed by atoms with Crippen LogP contribution in [0.3, 0.4) is 0 Å². The summed E-state index contributed by atoms with van der Waals surface area (Å²) in [5.74, 6) is -0.0472. The van der Waals surface area contributed by atoms with Crippen molar-refractivity contribution in [1.82, 2.24) is 10.2 Å².